The number of ether oxygens (including phenoxy) is 1. The van der Waals surface area contributed by atoms with Crippen LogP contribution in [0, 0.1) is 5.82 Å². The molecule has 0 aliphatic heterocycles. The normalized spacial score (nSPS) is 18.8. The summed E-state index contributed by atoms with van der Waals surface area (Å²) in [6.45, 7) is 0. The summed E-state index contributed by atoms with van der Waals surface area (Å²) in [5, 5.41) is 0.275. The van der Waals surface area contributed by atoms with Crippen LogP contribution in [0.25, 0.3) is 11.6 Å². The van der Waals surface area contributed by atoms with Crippen molar-refractivity contribution in [3.63, 3.8) is 0 Å². The molecule has 1 fully saturated rings. The minimum atomic E-state index is -0.391. The van der Waals surface area contributed by atoms with Crippen molar-refractivity contribution in [1.29, 1.82) is 0 Å². The van der Waals surface area contributed by atoms with Gasteiger partial charge in [-0.1, -0.05) is 17.7 Å². The Labute approximate surface area is 148 Å². The maximum Gasteiger partial charge on any atom is 0.197 e. The Morgan fingerprint density at radius 1 is 1.04 bits per heavy atom. The van der Waals surface area contributed by atoms with Crippen molar-refractivity contribution in [3.05, 3.63) is 65.0 Å². The highest BCUT2D eigenvalue weighted by molar-refractivity contribution is 6.32. The van der Waals surface area contributed by atoms with Crippen LogP contribution in [0.15, 0.2) is 43.0 Å². The molecular weight excluding hydrogens is 343 g/mol. The maximum atomic E-state index is 14.5. The summed E-state index contributed by atoms with van der Waals surface area (Å²) in [5.74, 6) is 0.922. The summed E-state index contributed by atoms with van der Waals surface area (Å²) in [7, 11) is 1.41. The molecule has 126 valence electrons. The predicted molar refractivity (Wildman–Crippen MR) is 91.1 cm³/mol. The minimum Gasteiger partial charge on any atom is -0.492 e. The summed E-state index contributed by atoms with van der Waals surface area (Å²) in [4.78, 5) is 16.9. The van der Waals surface area contributed by atoms with Gasteiger partial charge in [-0.2, -0.15) is 0 Å². The van der Waals surface area contributed by atoms with E-state index in [0.29, 0.717) is 17.2 Å². The molecule has 0 spiro atoms. The number of hydrogen-bond donors (Lipinski definition) is 0. The predicted octanol–water partition coefficient (Wildman–Crippen LogP) is 4.01. The highest BCUT2D eigenvalue weighted by atomic mass is 35.5. The third kappa shape index (κ3) is 2.93. The van der Waals surface area contributed by atoms with Crippen LogP contribution in [0.5, 0.6) is 5.75 Å². The lowest BCUT2D eigenvalue weighted by molar-refractivity contribution is 0.384. The van der Waals surface area contributed by atoms with Crippen LogP contribution in [-0.2, 0) is 0 Å². The monoisotopic (exact) mass is 356 g/mol. The second-order valence-corrected chi connectivity index (χ2v) is 6.25. The molecule has 7 heteroatoms. The molecule has 1 saturated carbocycles. The number of benzene rings is 1. The molecule has 25 heavy (non-hydrogen) atoms. The number of nitrogens with zero attached hydrogens (tertiary/aromatic N) is 4. The smallest absolute Gasteiger partial charge is 0.197 e. The molecule has 3 aromatic rings. The van der Waals surface area contributed by atoms with Crippen molar-refractivity contribution in [2.24, 2.45) is 0 Å². The third-order valence-electron chi connectivity index (χ3n) is 4.34. The zero-order chi connectivity index (χ0) is 17.4. The second kappa shape index (κ2) is 6.37. The summed E-state index contributed by atoms with van der Waals surface area (Å²) < 4.78 is 19.6. The summed E-state index contributed by atoms with van der Waals surface area (Å²) >= 11 is 5.96. The van der Waals surface area contributed by atoms with Gasteiger partial charge in [-0.25, -0.2) is 24.3 Å². The maximum absolute atomic E-state index is 14.5. The van der Waals surface area contributed by atoms with Crippen LogP contribution in [0.1, 0.15) is 29.4 Å². The fourth-order valence-corrected chi connectivity index (χ4v) is 3.21. The number of rotatable bonds is 4. The average molecular weight is 357 g/mol. The fourth-order valence-electron chi connectivity index (χ4n) is 2.99. The Kier molecular flexibility index (Phi) is 4.05. The van der Waals surface area contributed by atoms with Gasteiger partial charge in [-0.05, 0) is 41.5 Å². The Morgan fingerprint density at radius 3 is 2.40 bits per heavy atom. The van der Waals surface area contributed by atoms with Gasteiger partial charge in [0.25, 0.3) is 0 Å². The molecule has 1 aliphatic rings. The lowest BCUT2D eigenvalue weighted by Gasteiger charge is -2.09. The number of aromatic nitrogens is 4. The van der Waals surface area contributed by atoms with E-state index in [-0.39, 0.29) is 22.6 Å². The largest absolute Gasteiger partial charge is 0.492 e. The topological polar surface area (TPSA) is 60.8 Å². The Bertz CT molecular complexity index is 905. The lowest BCUT2D eigenvalue weighted by atomic mass is 10.1. The third-order valence-corrected chi connectivity index (χ3v) is 4.64. The summed E-state index contributed by atoms with van der Waals surface area (Å²) in [5.41, 5.74) is 1.58. The van der Waals surface area contributed by atoms with Crippen LogP contribution < -0.4 is 4.74 Å². The molecular formula is C18H14ClFN4O. The first-order chi connectivity index (χ1) is 12.2. The van der Waals surface area contributed by atoms with Gasteiger partial charge < -0.3 is 4.74 Å². The first-order valence-electron chi connectivity index (χ1n) is 7.80. The molecule has 1 aromatic carbocycles. The highest BCUT2D eigenvalue weighted by Gasteiger charge is 2.42. The van der Waals surface area contributed by atoms with Crippen LogP contribution in [0.4, 0.5) is 4.39 Å². The first kappa shape index (κ1) is 15.9. The van der Waals surface area contributed by atoms with E-state index in [0.717, 1.165) is 12.0 Å². The zero-order valence-electron chi connectivity index (χ0n) is 13.4. The van der Waals surface area contributed by atoms with E-state index >= 15 is 0 Å². The Hall–Kier alpha value is -2.60. The van der Waals surface area contributed by atoms with E-state index in [2.05, 4.69) is 19.9 Å². The molecule has 0 unspecified atom stereocenters. The van der Waals surface area contributed by atoms with Crippen molar-refractivity contribution in [2.75, 3.05) is 7.11 Å². The van der Waals surface area contributed by atoms with E-state index in [1.165, 1.54) is 7.11 Å². The van der Waals surface area contributed by atoms with Gasteiger partial charge in [0.15, 0.2) is 23.2 Å². The van der Waals surface area contributed by atoms with Crippen LogP contribution in [0.2, 0.25) is 5.02 Å². The molecule has 2 heterocycles. The average Bonchev–Trinajstić information content (AvgIpc) is 3.44. The van der Waals surface area contributed by atoms with Crippen molar-refractivity contribution in [1.82, 2.24) is 19.9 Å². The highest BCUT2D eigenvalue weighted by Crippen LogP contribution is 2.56. The van der Waals surface area contributed by atoms with Crippen LogP contribution in [-0.4, -0.2) is 27.0 Å². The molecule has 0 amide bonds. The van der Waals surface area contributed by atoms with Gasteiger partial charge in [0.05, 0.1) is 12.1 Å². The summed E-state index contributed by atoms with van der Waals surface area (Å²) in [6, 6.07) is 5.13. The first-order valence-corrected chi connectivity index (χ1v) is 8.18. The van der Waals surface area contributed by atoms with E-state index < -0.39 is 5.82 Å². The number of methoxy groups -OCH3 is 1. The Balaban J connectivity index is 1.56. The Morgan fingerprint density at radius 2 is 1.72 bits per heavy atom. The quantitative estimate of drug-likeness (QED) is 0.707. The molecule has 2 atom stereocenters. The SMILES string of the molecule is COc1c(Cl)ccc([C@@H]2C[C@H]2c2cnc(-c3ncccn3)nc2)c1F. The molecule has 4 rings (SSSR count). The van der Waals surface area contributed by atoms with Gasteiger partial charge in [0.2, 0.25) is 0 Å². The van der Waals surface area contributed by atoms with E-state index in [4.69, 9.17) is 16.3 Å². The van der Waals surface area contributed by atoms with Gasteiger partial charge >= 0.3 is 0 Å². The van der Waals surface area contributed by atoms with Crippen molar-refractivity contribution < 1.29 is 9.13 Å². The second-order valence-electron chi connectivity index (χ2n) is 5.84. The molecule has 0 radical (unpaired) electrons. The van der Waals surface area contributed by atoms with E-state index in [1.54, 1.807) is 43.0 Å². The van der Waals surface area contributed by atoms with Gasteiger partial charge in [0.1, 0.15) is 0 Å². The molecule has 0 saturated heterocycles. The number of hydrogen-bond acceptors (Lipinski definition) is 5. The van der Waals surface area contributed by atoms with E-state index in [1.807, 2.05) is 0 Å². The standard InChI is InChI=1S/C18H14ClFN4O/c1-25-16-14(19)4-3-11(15(16)20)13-7-12(13)10-8-23-18(24-9-10)17-21-5-2-6-22-17/h2-6,8-9,12-13H,7H2,1H3/t12-,13-/m0/s1. The van der Waals surface area contributed by atoms with Crippen molar-refractivity contribution >= 4 is 11.6 Å². The van der Waals surface area contributed by atoms with Crippen LogP contribution in [0.3, 0.4) is 0 Å². The van der Waals surface area contributed by atoms with Crippen molar-refractivity contribution in [3.8, 4) is 17.4 Å². The fraction of sp³-hybridized carbons (Fsp3) is 0.222. The van der Waals surface area contributed by atoms with Gasteiger partial charge in [-0.15, -0.1) is 0 Å². The molecule has 5 nitrogen and oxygen atoms in total. The van der Waals surface area contributed by atoms with Crippen molar-refractivity contribution in [2.45, 2.75) is 18.3 Å². The zero-order valence-corrected chi connectivity index (χ0v) is 14.1. The molecule has 0 bridgehead atoms. The van der Waals surface area contributed by atoms with Gasteiger partial charge in [-0.3, -0.25) is 0 Å². The molecule has 2 aromatic heterocycles. The van der Waals surface area contributed by atoms with E-state index in [9.17, 15) is 4.39 Å². The molecule has 1 aliphatic carbocycles. The van der Waals surface area contributed by atoms with Crippen LogP contribution >= 0.6 is 11.6 Å². The lowest BCUT2D eigenvalue weighted by Crippen LogP contribution is -1.97. The summed E-state index contributed by atoms with van der Waals surface area (Å²) in [6.07, 6.45) is 7.65. The number of halogens is 2. The van der Waals surface area contributed by atoms with Gasteiger partial charge in [0, 0.05) is 24.8 Å². The minimum absolute atomic E-state index is 0.0774. The molecule has 0 N–H and O–H groups in total.